The normalized spacial score (nSPS) is 12.8. The predicted molar refractivity (Wildman–Crippen MR) is 149 cm³/mol. The quantitative estimate of drug-likeness (QED) is 0.330. The summed E-state index contributed by atoms with van der Waals surface area (Å²) in [5.41, 5.74) is 5.61. The summed E-state index contributed by atoms with van der Waals surface area (Å²) in [5, 5.41) is 10.7. The first-order chi connectivity index (χ1) is 17.3. The molecule has 4 rings (SSSR count). The number of nitriles is 1. The number of aldehydes is 2. The van der Waals surface area contributed by atoms with E-state index in [1.54, 1.807) is 6.07 Å². The van der Waals surface area contributed by atoms with E-state index in [1.807, 2.05) is 26.0 Å². The van der Waals surface area contributed by atoms with E-state index in [0.29, 0.717) is 17.2 Å². The molecule has 0 amide bonds. The zero-order chi connectivity index (χ0) is 26.7. The van der Waals surface area contributed by atoms with Crippen LogP contribution in [0.3, 0.4) is 0 Å². The first kappa shape index (κ1) is 29.0. The highest BCUT2D eigenvalue weighted by Gasteiger charge is 2.27. The Balaban J connectivity index is 0.000000319. The lowest BCUT2D eigenvalue weighted by atomic mass is 9.92. The highest BCUT2D eigenvalue weighted by Crippen LogP contribution is 2.42. The molecule has 1 saturated carbocycles. The van der Waals surface area contributed by atoms with Crippen LogP contribution in [0.25, 0.3) is 22.2 Å². The minimum atomic E-state index is 0.204. The highest BCUT2D eigenvalue weighted by atomic mass is 16.1. The van der Waals surface area contributed by atoms with Gasteiger partial charge >= 0.3 is 0 Å². The van der Waals surface area contributed by atoms with Gasteiger partial charge in [0.15, 0.2) is 0 Å². The second-order valence-electron chi connectivity index (χ2n) is 10.1. The third-order valence-electron chi connectivity index (χ3n) is 6.27. The Morgan fingerprint density at radius 2 is 1.75 bits per heavy atom. The van der Waals surface area contributed by atoms with Crippen LogP contribution in [-0.2, 0) is 4.79 Å². The molecule has 0 N–H and O–H groups in total. The summed E-state index contributed by atoms with van der Waals surface area (Å²) in [6.45, 7) is 9.22. The largest absolute Gasteiger partial charge is 0.336 e. The molecule has 5 heteroatoms. The van der Waals surface area contributed by atoms with Crippen LogP contribution in [0.4, 0.5) is 0 Å². The van der Waals surface area contributed by atoms with Crippen molar-refractivity contribution in [3.63, 3.8) is 0 Å². The van der Waals surface area contributed by atoms with Gasteiger partial charge in [0, 0.05) is 22.9 Å². The molecule has 0 radical (unpaired) electrons. The van der Waals surface area contributed by atoms with Crippen LogP contribution in [0.2, 0.25) is 0 Å². The standard InChI is InChI=1S/C21H18N2O.C6H15N.C4H8O/c1-14-5-8-16(9-6-14)21-19(12-22)18-10-7-15(13-24)11-20(18)23(21)17-3-2-4-17;1-4-5-6-7(2)3;1-4(2)3-5/h5-11,13,17H,2-4H2,1H3;4-6H2,1-3H3;3-4H,1-2H3. The first-order valence-corrected chi connectivity index (χ1v) is 13.0. The van der Waals surface area contributed by atoms with Crippen LogP contribution >= 0.6 is 0 Å². The molecule has 1 fully saturated rings. The predicted octanol–water partition coefficient (Wildman–Crippen LogP) is 7.22. The van der Waals surface area contributed by atoms with Gasteiger partial charge in [0.1, 0.15) is 18.6 Å². The lowest BCUT2D eigenvalue weighted by molar-refractivity contribution is -0.110. The van der Waals surface area contributed by atoms with Crippen molar-refractivity contribution in [3.05, 3.63) is 59.2 Å². The minimum absolute atomic E-state index is 0.204. The number of carbonyl (C=O) groups is 2. The molecule has 0 atom stereocenters. The van der Waals surface area contributed by atoms with Crippen molar-refractivity contribution < 1.29 is 9.59 Å². The van der Waals surface area contributed by atoms with Crippen molar-refractivity contribution in [2.75, 3.05) is 20.6 Å². The summed E-state index contributed by atoms with van der Waals surface area (Å²) < 4.78 is 2.29. The molecule has 0 aliphatic heterocycles. The number of nitrogens with zero attached hydrogens (tertiary/aromatic N) is 3. The van der Waals surface area contributed by atoms with Crippen LogP contribution in [0.5, 0.6) is 0 Å². The average Bonchev–Trinajstić information content (AvgIpc) is 3.16. The maximum absolute atomic E-state index is 11.2. The number of rotatable bonds is 7. The van der Waals surface area contributed by atoms with Crippen molar-refractivity contribution in [1.29, 1.82) is 5.26 Å². The van der Waals surface area contributed by atoms with E-state index >= 15 is 0 Å². The highest BCUT2D eigenvalue weighted by molar-refractivity contribution is 5.97. The number of hydrogen-bond donors (Lipinski definition) is 0. The fraction of sp³-hybridized carbons (Fsp3) is 0.452. The molecule has 0 unspecified atom stereocenters. The van der Waals surface area contributed by atoms with Gasteiger partial charge in [-0.3, -0.25) is 4.79 Å². The lowest BCUT2D eigenvalue weighted by Gasteiger charge is -2.30. The molecule has 1 aliphatic rings. The molecule has 192 valence electrons. The fourth-order valence-corrected chi connectivity index (χ4v) is 4.01. The van der Waals surface area contributed by atoms with Crippen molar-refractivity contribution >= 4 is 23.5 Å². The van der Waals surface area contributed by atoms with Gasteiger partial charge in [-0.25, -0.2) is 0 Å². The van der Waals surface area contributed by atoms with E-state index < -0.39 is 0 Å². The number of aryl methyl sites for hydroxylation is 1. The Morgan fingerprint density at radius 1 is 1.11 bits per heavy atom. The number of unbranched alkanes of at least 4 members (excludes halogenated alkanes) is 1. The van der Waals surface area contributed by atoms with Gasteiger partial charge in [-0.05, 0) is 64.9 Å². The lowest BCUT2D eigenvalue weighted by Crippen LogP contribution is -2.17. The zero-order valence-corrected chi connectivity index (χ0v) is 22.8. The molecule has 1 aliphatic carbocycles. The molecule has 0 spiro atoms. The topological polar surface area (TPSA) is 66.1 Å². The van der Waals surface area contributed by atoms with E-state index in [-0.39, 0.29) is 5.92 Å². The van der Waals surface area contributed by atoms with E-state index in [0.717, 1.165) is 47.6 Å². The van der Waals surface area contributed by atoms with Gasteiger partial charge in [-0.1, -0.05) is 69.2 Å². The number of fused-ring (bicyclic) bond motifs is 1. The van der Waals surface area contributed by atoms with Gasteiger partial charge in [0.25, 0.3) is 0 Å². The van der Waals surface area contributed by atoms with Crippen LogP contribution in [0, 0.1) is 24.2 Å². The number of benzene rings is 2. The van der Waals surface area contributed by atoms with Crippen LogP contribution in [-0.4, -0.2) is 42.7 Å². The van der Waals surface area contributed by atoms with Crippen LogP contribution in [0.1, 0.15) is 80.4 Å². The third kappa shape index (κ3) is 7.63. The Morgan fingerprint density at radius 3 is 2.17 bits per heavy atom. The van der Waals surface area contributed by atoms with Crippen molar-refractivity contribution in [1.82, 2.24) is 9.47 Å². The number of hydrogen-bond acceptors (Lipinski definition) is 4. The molecule has 2 aromatic carbocycles. The van der Waals surface area contributed by atoms with E-state index in [9.17, 15) is 14.9 Å². The van der Waals surface area contributed by atoms with Crippen LogP contribution in [0.15, 0.2) is 42.5 Å². The zero-order valence-electron chi connectivity index (χ0n) is 22.8. The number of carbonyl (C=O) groups excluding carboxylic acids is 2. The second-order valence-corrected chi connectivity index (χ2v) is 10.1. The molecule has 0 saturated heterocycles. The molecular weight excluding hydrogens is 446 g/mol. The summed E-state index contributed by atoms with van der Waals surface area (Å²) in [4.78, 5) is 22.9. The molecule has 3 aromatic rings. The fourth-order valence-electron chi connectivity index (χ4n) is 4.01. The molecule has 1 aromatic heterocycles. The molecule has 1 heterocycles. The Kier molecular flexibility index (Phi) is 11.6. The summed E-state index contributed by atoms with van der Waals surface area (Å²) in [5.74, 6) is 0.204. The molecular formula is C31H41N3O2. The summed E-state index contributed by atoms with van der Waals surface area (Å²) in [7, 11) is 4.21. The summed E-state index contributed by atoms with van der Waals surface area (Å²) >= 11 is 0. The molecule has 5 nitrogen and oxygen atoms in total. The monoisotopic (exact) mass is 487 g/mol. The van der Waals surface area contributed by atoms with E-state index in [2.05, 4.69) is 67.7 Å². The van der Waals surface area contributed by atoms with Gasteiger partial charge in [0.2, 0.25) is 0 Å². The Labute approximate surface area is 216 Å². The maximum Gasteiger partial charge on any atom is 0.150 e. The second kappa shape index (κ2) is 14.4. The molecule has 0 bridgehead atoms. The smallest absolute Gasteiger partial charge is 0.150 e. The SMILES string of the molecule is CC(C)C=O.CCCCN(C)C.Cc1ccc(-c2c(C#N)c3ccc(C=O)cc3n2C2CCC2)cc1. The van der Waals surface area contributed by atoms with Crippen molar-refractivity contribution in [3.8, 4) is 17.3 Å². The van der Waals surface area contributed by atoms with E-state index in [4.69, 9.17) is 0 Å². The van der Waals surface area contributed by atoms with Crippen LogP contribution < -0.4 is 0 Å². The van der Waals surface area contributed by atoms with Gasteiger partial charge in [-0.2, -0.15) is 5.26 Å². The summed E-state index contributed by atoms with van der Waals surface area (Å²) in [6, 6.07) is 16.8. The third-order valence-corrected chi connectivity index (χ3v) is 6.27. The van der Waals surface area contributed by atoms with Gasteiger partial charge in [0.05, 0.1) is 16.8 Å². The van der Waals surface area contributed by atoms with Gasteiger partial charge in [-0.15, -0.1) is 0 Å². The van der Waals surface area contributed by atoms with Crippen molar-refractivity contribution in [2.45, 2.75) is 65.8 Å². The Hall–Kier alpha value is -3.23. The van der Waals surface area contributed by atoms with Gasteiger partial charge < -0.3 is 14.3 Å². The number of aromatic nitrogens is 1. The molecule has 36 heavy (non-hydrogen) atoms. The first-order valence-electron chi connectivity index (χ1n) is 13.0. The summed E-state index contributed by atoms with van der Waals surface area (Å²) in [6.07, 6.45) is 7.88. The average molecular weight is 488 g/mol. The Bertz CT molecular complexity index is 1160. The van der Waals surface area contributed by atoms with E-state index in [1.165, 1.54) is 31.4 Å². The maximum atomic E-state index is 11.2. The van der Waals surface area contributed by atoms with Crippen molar-refractivity contribution in [2.24, 2.45) is 5.92 Å². The minimum Gasteiger partial charge on any atom is -0.336 e.